The summed E-state index contributed by atoms with van der Waals surface area (Å²) in [6.07, 6.45) is -2.93. The highest BCUT2D eigenvalue weighted by Crippen LogP contribution is 2.29. The summed E-state index contributed by atoms with van der Waals surface area (Å²) in [6.45, 7) is 4.61. The zero-order chi connectivity index (χ0) is 18.4. The number of aryl methyl sites for hydroxylation is 2. The second kappa shape index (κ2) is 10.1. The van der Waals surface area contributed by atoms with Crippen LogP contribution in [-0.2, 0) is 32.1 Å². The van der Waals surface area contributed by atoms with Gasteiger partial charge in [0.25, 0.3) is 0 Å². The molecule has 2 aromatic rings. The first-order valence-corrected chi connectivity index (χ1v) is 8.69. The van der Waals surface area contributed by atoms with Crippen LogP contribution in [-0.4, -0.2) is 23.1 Å². The molecule has 26 heavy (non-hydrogen) atoms. The van der Waals surface area contributed by atoms with Gasteiger partial charge >= 0.3 is 6.18 Å². The second-order valence-corrected chi connectivity index (χ2v) is 6.08. The third-order valence-corrected chi connectivity index (χ3v) is 4.36. The molecule has 0 amide bonds. The maximum absolute atomic E-state index is 12.6. The van der Waals surface area contributed by atoms with E-state index in [1.165, 1.54) is 0 Å². The normalized spacial score (nSPS) is 12.0. The maximum atomic E-state index is 12.6. The van der Waals surface area contributed by atoms with E-state index in [0.717, 1.165) is 46.6 Å². The highest BCUT2D eigenvalue weighted by atomic mass is 127. The van der Waals surface area contributed by atoms with Crippen LogP contribution in [0.15, 0.2) is 14.9 Å². The number of thiazole rings is 1. The Kier molecular flexibility index (Phi) is 8.80. The molecule has 0 aliphatic rings. The monoisotopic (exact) mass is 503 g/mol. The zero-order valence-electron chi connectivity index (χ0n) is 14.6. The first-order valence-electron chi connectivity index (χ1n) is 7.81. The van der Waals surface area contributed by atoms with Crippen LogP contribution in [0, 0.1) is 0 Å². The van der Waals surface area contributed by atoms with Crippen LogP contribution in [0.25, 0.3) is 0 Å². The molecule has 2 N–H and O–H groups in total. The fraction of sp³-hybridized carbons (Fsp3) is 0.533. The van der Waals surface area contributed by atoms with Gasteiger partial charge in [-0.05, 0) is 6.42 Å². The Bertz CT molecular complexity index is 708. The number of aromatic nitrogens is 2. The van der Waals surface area contributed by atoms with Gasteiger partial charge in [0.15, 0.2) is 11.7 Å². The maximum Gasteiger partial charge on any atom is 0.434 e. The van der Waals surface area contributed by atoms with Crippen LogP contribution >= 0.6 is 35.3 Å². The fourth-order valence-corrected chi connectivity index (χ4v) is 2.95. The fourth-order valence-electron chi connectivity index (χ4n) is 2.21. The van der Waals surface area contributed by atoms with E-state index in [1.54, 1.807) is 7.05 Å². The van der Waals surface area contributed by atoms with Crippen LogP contribution < -0.4 is 10.6 Å². The van der Waals surface area contributed by atoms with Crippen molar-refractivity contribution < 1.29 is 17.7 Å². The SMILES string of the molecule is CCc1noc(CC)c1CNC(=NC)NCc1nc(C(F)(F)F)cs1.I. The van der Waals surface area contributed by atoms with E-state index in [0.29, 0.717) is 17.5 Å². The number of alkyl halides is 3. The highest BCUT2D eigenvalue weighted by molar-refractivity contribution is 14.0. The number of nitrogens with one attached hydrogen (secondary N) is 2. The van der Waals surface area contributed by atoms with Gasteiger partial charge < -0.3 is 15.2 Å². The summed E-state index contributed by atoms with van der Waals surface area (Å²) < 4.78 is 43.0. The van der Waals surface area contributed by atoms with Crippen LogP contribution in [0.2, 0.25) is 0 Å². The van der Waals surface area contributed by atoms with Gasteiger partial charge in [-0.25, -0.2) is 4.98 Å². The summed E-state index contributed by atoms with van der Waals surface area (Å²) in [5.41, 5.74) is 0.998. The third-order valence-electron chi connectivity index (χ3n) is 3.51. The Balaban J connectivity index is 0.00000338. The first-order chi connectivity index (χ1) is 11.9. The van der Waals surface area contributed by atoms with Crippen molar-refractivity contribution in [2.24, 2.45) is 4.99 Å². The third kappa shape index (κ3) is 5.83. The minimum Gasteiger partial charge on any atom is -0.361 e. The predicted molar refractivity (Wildman–Crippen MR) is 105 cm³/mol. The number of aliphatic imine (C=N–C) groups is 1. The summed E-state index contributed by atoms with van der Waals surface area (Å²) in [6, 6.07) is 0. The summed E-state index contributed by atoms with van der Waals surface area (Å²) in [5, 5.41) is 11.5. The molecule has 0 spiro atoms. The summed E-state index contributed by atoms with van der Waals surface area (Å²) in [5.74, 6) is 1.28. The van der Waals surface area contributed by atoms with Crippen molar-refractivity contribution in [1.82, 2.24) is 20.8 Å². The van der Waals surface area contributed by atoms with Gasteiger partial charge in [0.2, 0.25) is 0 Å². The summed E-state index contributed by atoms with van der Waals surface area (Å²) in [4.78, 5) is 7.64. The molecule has 2 heterocycles. The lowest BCUT2D eigenvalue weighted by Crippen LogP contribution is -2.36. The first kappa shape index (κ1) is 22.7. The van der Waals surface area contributed by atoms with Gasteiger partial charge in [-0.2, -0.15) is 13.2 Å². The Hall–Kier alpha value is -1.37. The molecule has 6 nitrogen and oxygen atoms in total. The number of guanidine groups is 1. The molecule has 2 aromatic heterocycles. The lowest BCUT2D eigenvalue weighted by atomic mass is 10.1. The molecule has 146 valence electrons. The Morgan fingerprint density at radius 3 is 2.46 bits per heavy atom. The molecule has 0 saturated heterocycles. The van der Waals surface area contributed by atoms with Crippen LogP contribution in [0.1, 0.15) is 41.6 Å². The van der Waals surface area contributed by atoms with Crippen molar-refractivity contribution in [3.8, 4) is 0 Å². The Morgan fingerprint density at radius 1 is 1.23 bits per heavy atom. The average molecular weight is 503 g/mol. The van der Waals surface area contributed by atoms with Gasteiger partial charge in [-0.15, -0.1) is 35.3 Å². The molecule has 0 radical (unpaired) electrons. The molecule has 11 heteroatoms. The zero-order valence-corrected chi connectivity index (χ0v) is 17.8. The van der Waals surface area contributed by atoms with Crippen LogP contribution in [0.4, 0.5) is 13.2 Å². The Morgan fingerprint density at radius 2 is 1.92 bits per heavy atom. The number of rotatable bonds is 6. The number of hydrogen-bond acceptors (Lipinski definition) is 5. The van der Waals surface area contributed by atoms with Gasteiger partial charge in [-0.3, -0.25) is 4.99 Å². The standard InChI is InChI=1S/C15H20F3N5OS.HI/c1-4-10-9(11(5-2)24-23-10)6-20-14(19-3)21-7-13-22-12(8-25-13)15(16,17)18;/h8H,4-7H2,1-3H3,(H2,19,20,21);1H. The highest BCUT2D eigenvalue weighted by Gasteiger charge is 2.33. The van der Waals surface area contributed by atoms with Crippen LogP contribution in [0.5, 0.6) is 0 Å². The smallest absolute Gasteiger partial charge is 0.361 e. The lowest BCUT2D eigenvalue weighted by Gasteiger charge is -2.11. The minimum absolute atomic E-state index is 0. The predicted octanol–water partition coefficient (Wildman–Crippen LogP) is 3.76. The van der Waals surface area contributed by atoms with E-state index >= 15 is 0 Å². The molecule has 0 aliphatic heterocycles. The van der Waals surface area contributed by atoms with Gasteiger partial charge in [-0.1, -0.05) is 19.0 Å². The molecule has 0 atom stereocenters. The average Bonchev–Trinajstić information content (AvgIpc) is 3.20. The van der Waals surface area contributed by atoms with E-state index in [1.807, 2.05) is 13.8 Å². The van der Waals surface area contributed by atoms with E-state index in [-0.39, 0.29) is 30.5 Å². The van der Waals surface area contributed by atoms with Crippen molar-refractivity contribution in [2.45, 2.75) is 46.0 Å². The molecule has 0 unspecified atom stereocenters. The van der Waals surface area contributed by atoms with Gasteiger partial charge in [0.05, 0.1) is 12.2 Å². The molecule has 0 fully saturated rings. The quantitative estimate of drug-likeness (QED) is 0.357. The van der Waals surface area contributed by atoms with Crippen molar-refractivity contribution >= 4 is 41.3 Å². The van der Waals surface area contributed by atoms with Crippen molar-refractivity contribution in [3.05, 3.63) is 33.1 Å². The number of nitrogens with zero attached hydrogens (tertiary/aromatic N) is 3. The van der Waals surface area contributed by atoms with E-state index in [2.05, 4.69) is 25.8 Å². The molecule has 0 bridgehead atoms. The van der Waals surface area contributed by atoms with Crippen molar-refractivity contribution in [2.75, 3.05) is 7.05 Å². The molecule has 0 aliphatic carbocycles. The summed E-state index contributed by atoms with van der Waals surface area (Å²) >= 11 is 0.955. The minimum atomic E-state index is -4.42. The molecular formula is C15H21F3IN5OS. The topological polar surface area (TPSA) is 75.3 Å². The second-order valence-electron chi connectivity index (χ2n) is 5.14. The van der Waals surface area contributed by atoms with Crippen molar-refractivity contribution in [1.29, 1.82) is 0 Å². The molecule has 2 rings (SSSR count). The van der Waals surface area contributed by atoms with Gasteiger partial charge in [0.1, 0.15) is 10.8 Å². The molecule has 0 aromatic carbocycles. The molecular weight excluding hydrogens is 482 g/mol. The molecule has 0 saturated carbocycles. The number of hydrogen-bond donors (Lipinski definition) is 2. The van der Waals surface area contributed by atoms with E-state index < -0.39 is 11.9 Å². The van der Waals surface area contributed by atoms with Gasteiger partial charge in [0, 0.05) is 31.0 Å². The number of halogens is 4. The van der Waals surface area contributed by atoms with Crippen LogP contribution in [0.3, 0.4) is 0 Å². The largest absolute Gasteiger partial charge is 0.434 e. The summed E-state index contributed by atoms with van der Waals surface area (Å²) in [7, 11) is 1.59. The van der Waals surface area contributed by atoms with E-state index in [9.17, 15) is 13.2 Å². The van der Waals surface area contributed by atoms with Crippen molar-refractivity contribution in [3.63, 3.8) is 0 Å². The lowest BCUT2D eigenvalue weighted by molar-refractivity contribution is -0.140. The Labute approximate surface area is 170 Å². The van der Waals surface area contributed by atoms with E-state index in [4.69, 9.17) is 4.52 Å².